The summed E-state index contributed by atoms with van der Waals surface area (Å²) in [4.78, 5) is 16.3. The summed E-state index contributed by atoms with van der Waals surface area (Å²) in [5.74, 6) is 0.184. The summed E-state index contributed by atoms with van der Waals surface area (Å²) in [6, 6.07) is 16.6. The molecule has 0 aliphatic heterocycles. The fourth-order valence-corrected chi connectivity index (χ4v) is 1.85. The quantitative estimate of drug-likeness (QED) is 0.681. The van der Waals surface area contributed by atoms with Gasteiger partial charge in [-0.2, -0.15) is 4.98 Å². The molecule has 0 atom stereocenters. The van der Waals surface area contributed by atoms with E-state index in [1.54, 1.807) is 24.3 Å². The van der Waals surface area contributed by atoms with Crippen molar-refractivity contribution in [3.05, 3.63) is 71.5 Å². The molecule has 0 fully saturated rings. The number of aryl methyl sites for hydroxylation is 1. The molecule has 1 aromatic heterocycles. The molecule has 20 heavy (non-hydrogen) atoms. The fourth-order valence-electron chi connectivity index (χ4n) is 1.85. The van der Waals surface area contributed by atoms with Crippen LogP contribution in [0.25, 0.3) is 11.5 Å². The first-order chi connectivity index (χ1) is 9.74. The molecule has 0 spiro atoms. The molecule has 0 N–H and O–H groups in total. The number of hydrogen-bond acceptors (Lipinski definition) is 4. The fraction of sp³-hybridized carbons (Fsp3) is 0.0625. The van der Waals surface area contributed by atoms with Crippen molar-refractivity contribution in [2.45, 2.75) is 6.92 Å². The van der Waals surface area contributed by atoms with E-state index in [9.17, 15) is 4.79 Å². The van der Waals surface area contributed by atoms with E-state index in [2.05, 4.69) is 10.1 Å². The summed E-state index contributed by atoms with van der Waals surface area (Å²) in [6.07, 6.45) is 0. The summed E-state index contributed by atoms with van der Waals surface area (Å²) in [5, 5.41) is 3.76. The highest BCUT2D eigenvalue weighted by Crippen LogP contribution is 2.18. The standard InChI is InChI=1S/C16H12N2O2/c1-11-7-9-13(10-8-11)16-17-15(18-20-16)14(19)12-5-3-2-4-6-12/h2-10H,1H3. The van der Waals surface area contributed by atoms with Gasteiger partial charge in [-0.05, 0) is 19.1 Å². The third-order valence-corrected chi connectivity index (χ3v) is 2.96. The number of rotatable bonds is 3. The monoisotopic (exact) mass is 264 g/mol. The van der Waals surface area contributed by atoms with E-state index in [0.717, 1.165) is 11.1 Å². The highest BCUT2D eigenvalue weighted by Gasteiger charge is 2.17. The Hall–Kier alpha value is -2.75. The molecule has 1 heterocycles. The number of ketones is 1. The summed E-state index contributed by atoms with van der Waals surface area (Å²) in [7, 11) is 0. The number of nitrogens with zero attached hydrogens (tertiary/aromatic N) is 2. The van der Waals surface area contributed by atoms with Crippen LogP contribution in [0.5, 0.6) is 0 Å². The maximum absolute atomic E-state index is 12.2. The van der Waals surface area contributed by atoms with Gasteiger partial charge in [0.05, 0.1) is 0 Å². The molecule has 0 amide bonds. The smallest absolute Gasteiger partial charge is 0.258 e. The molecule has 0 aliphatic rings. The van der Waals surface area contributed by atoms with Crippen LogP contribution in [0.4, 0.5) is 0 Å². The first-order valence-electron chi connectivity index (χ1n) is 6.24. The Morgan fingerprint density at radius 1 is 1.00 bits per heavy atom. The van der Waals surface area contributed by atoms with Crippen LogP contribution in [-0.2, 0) is 0 Å². The van der Waals surface area contributed by atoms with E-state index in [-0.39, 0.29) is 11.6 Å². The van der Waals surface area contributed by atoms with E-state index in [4.69, 9.17) is 4.52 Å². The molecule has 0 aliphatic carbocycles. The van der Waals surface area contributed by atoms with Crippen LogP contribution >= 0.6 is 0 Å². The van der Waals surface area contributed by atoms with Crippen molar-refractivity contribution in [3.63, 3.8) is 0 Å². The minimum Gasteiger partial charge on any atom is -0.333 e. The Morgan fingerprint density at radius 2 is 1.70 bits per heavy atom. The Labute approximate surface area is 116 Å². The van der Waals surface area contributed by atoms with Crippen molar-refractivity contribution in [1.82, 2.24) is 10.1 Å². The van der Waals surface area contributed by atoms with Crippen molar-refractivity contribution >= 4 is 5.78 Å². The molecule has 4 heteroatoms. The number of carbonyl (C=O) groups excluding carboxylic acids is 1. The van der Waals surface area contributed by atoms with E-state index in [1.165, 1.54) is 0 Å². The molecule has 2 aromatic carbocycles. The molecule has 98 valence electrons. The molecule has 0 radical (unpaired) electrons. The maximum atomic E-state index is 12.2. The lowest BCUT2D eigenvalue weighted by Crippen LogP contribution is -2.03. The van der Waals surface area contributed by atoms with Gasteiger partial charge in [-0.1, -0.05) is 53.2 Å². The van der Waals surface area contributed by atoms with Gasteiger partial charge in [0.15, 0.2) is 0 Å². The van der Waals surface area contributed by atoms with Crippen LogP contribution in [0.3, 0.4) is 0 Å². The van der Waals surface area contributed by atoms with Crippen molar-refractivity contribution in [1.29, 1.82) is 0 Å². The van der Waals surface area contributed by atoms with E-state index < -0.39 is 0 Å². The molecular weight excluding hydrogens is 252 g/mol. The van der Waals surface area contributed by atoms with Crippen LogP contribution < -0.4 is 0 Å². The molecule has 3 rings (SSSR count). The Bertz CT molecular complexity index is 731. The van der Waals surface area contributed by atoms with Crippen molar-refractivity contribution in [2.75, 3.05) is 0 Å². The number of hydrogen-bond donors (Lipinski definition) is 0. The molecule has 0 unspecified atom stereocenters. The molecule has 0 bridgehead atoms. The summed E-state index contributed by atoms with van der Waals surface area (Å²) < 4.78 is 5.15. The lowest BCUT2D eigenvalue weighted by Gasteiger charge is -1.95. The lowest BCUT2D eigenvalue weighted by atomic mass is 10.1. The highest BCUT2D eigenvalue weighted by molar-refractivity contribution is 6.06. The topological polar surface area (TPSA) is 56.0 Å². The second-order valence-electron chi connectivity index (χ2n) is 4.48. The van der Waals surface area contributed by atoms with Gasteiger partial charge in [0.1, 0.15) is 0 Å². The van der Waals surface area contributed by atoms with Crippen LogP contribution in [0.1, 0.15) is 21.7 Å². The van der Waals surface area contributed by atoms with Crippen LogP contribution in [0.2, 0.25) is 0 Å². The minimum absolute atomic E-state index is 0.0757. The van der Waals surface area contributed by atoms with Gasteiger partial charge in [0, 0.05) is 11.1 Å². The average Bonchev–Trinajstić information content (AvgIpc) is 2.98. The van der Waals surface area contributed by atoms with Crippen molar-refractivity contribution in [3.8, 4) is 11.5 Å². The Kier molecular flexibility index (Phi) is 3.13. The van der Waals surface area contributed by atoms with Gasteiger partial charge in [-0.25, -0.2) is 0 Å². The van der Waals surface area contributed by atoms with Crippen molar-refractivity contribution < 1.29 is 9.32 Å². The molecular formula is C16H12N2O2. The normalized spacial score (nSPS) is 10.4. The third kappa shape index (κ3) is 2.36. The predicted octanol–water partition coefficient (Wildman–Crippen LogP) is 3.28. The summed E-state index contributed by atoms with van der Waals surface area (Å²) in [5.41, 5.74) is 2.49. The minimum atomic E-state index is -0.243. The van der Waals surface area contributed by atoms with E-state index in [0.29, 0.717) is 11.5 Å². The van der Waals surface area contributed by atoms with Gasteiger partial charge in [0.25, 0.3) is 5.89 Å². The molecule has 3 aromatic rings. The zero-order valence-electron chi connectivity index (χ0n) is 10.9. The molecule has 0 saturated heterocycles. The van der Waals surface area contributed by atoms with Gasteiger partial charge in [-0.15, -0.1) is 0 Å². The first kappa shape index (κ1) is 12.3. The zero-order chi connectivity index (χ0) is 13.9. The van der Waals surface area contributed by atoms with Crippen LogP contribution in [0.15, 0.2) is 59.1 Å². The van der Waals surface area contributed by atoms with E-state index in [1.807, 2.05) is 37.3 Å². The van der Waals surface area contributed by atoms with Gasteiger partial charge in [0.2, 0.25) is 11.6 Å². The summed E-state index contributed by atoms with van der Waals surface area (Å²) in [6.45, 7) is 2.00. The number of benzene rings is 2. The lowest BCUT2D eigenvalue weighted by molar-refractivity contribution is 0.102. The van der Waals surface area contributed by atoms with Crippen LogP contribution in [-0.4, -0.2) is 15.9 Å². The van der Waals surface area contributed by atoms with Gasteiger partial charge < -0.3 is 4.52 Å². The second-order valence-corrected chi connectivity index (χ2v) is 4.48. The maximum Gasteiger partial charge on any atom is 0.258 e. The zero-order valence-corrected chi connectivity index (χ0v) is 10.9. The van der Waals surface area contributed by atoms with E-state index >= 15 is 0 Å². The number of aromatic nitrogens is 2. The third-order valence-electron chi connectivity index (χ3n) is 2.96. The average molecular weight is 264 g/mol. The second kappa shape index (κ2) is 5.09. The Morgan fingerprint density at radius 3 is 2.40 bits per heavy atom. The van der Waals surface area contributed by atoms with Crippen molar-refractivity contribution in [2.24, 2.45) is 0 Å². The number of carbonyl (C=O) groups is 1. The van der Waals surface area contributed by atoms with Gasteiger partial charge in [-0.3, -0.25) is 4.79 Å². The van der Waals surface area contributed by atoms with Crippen LogP contribution in [0, 0.1) is 6.92 Å². The highest BCUT2D eigenvalue weighted by atomic mass is 16.5. The summed E-state index contributed by atoms with van der Waals surface area (Å²) >= 11 is 0. The molecule has 4 nitrogen and oxygen atoms in total. The molecule has 0 saturated carbocycles. The Balaban J connectivity index is 1.91. The SMILES string of the molecule is Cc1ccc(-c2nc(C(=O)c3ccccc3)no2)cc1. The largest absolute Gasteiger partial charge is 0.333 e. The first-order valence-corrected chi connectivity index (χ1v) is 6.24. The van der Waals surface area contributed by atoms with Gasteiger partial charge >= 0.3 is 0 Å². The predicted molar refractivity (Wildman–Crippen MR) is 74.3 cm³/mol.